The minimum absolute atomic E-state index is 0.0859. The summed E-state index contributed by atoms with van der Waals surface area (Å²) in [5.41, 5.74) is 1.82. The van der Waals surface area contributed by atoms with E-state index in [-0.39, 0.29) is 5.91 Å². The maximum Gasteiger partial charge on any atom is 0.236 e. The van der Waals surface area contributed by atoms with Crippen molar-refractivity contribution in [3.63, 3.8) is 0 Å². The number of hydrogen-bond donors (Lipinski definition) is 1. The predicted octanol–water partition coefficient (Wildman–Crippen LogP) is 5.48. The molecule has 0 aliphatic heterocycles. The Labute approximate surface area is 152 Å². The van der Waals surface area contributed by atoms with E-state index in [1.165, 1.54) is 16.9 Å². The van der Waals surface area contributed by atoms with Crippen LogP contribution in [0.15, 0.2) is 42.5 Å². The molecule has 1 heterocycles. The average Bonchev–Trinajstić information content (AvgIpc) is 2.97. The van der Waals surface area contributed by atoms with Gasteiger partial charge in [-0.05, 0) is 17.7 Å². The number of carbonyl (C=O) groups excluding carboxylic acids is 1. The Kier molecular flexibility index (Phi) is 5.43. The Morgan fingerprint density at radius 3 is 2.61 bits per heavy atom. The van der Waals surface area contributed by atoms with E-state index in [1.807, 2.05) is 30.3 Å². The van der Waals surface area contributed by atoms with Gasteiger partial charge in [0.05, 0.1) is 20.5 Å². The number of benzene rings is 2. The van der Waals surface area contributed by atoms with Gasteiger partial charge in [0.1, 0.15) is 5.52 Å². The number of halogens is 2. The molecule has 0 unspecified atom stereocenters. The van der Waals surface area contributed by atoms with Crippen molar-refractivity contribution >= 4 is 67.6 Å². The lowest BCUT2D eigenvalue weighted by atomic mass is 10.2. The van der Waals surface area contributed by atoms with Crippen molar-refractivity contribution in [2.75, 3.05) is 11.1 Å². The highest BCUT2D eigenvalue weighted by molar-refractivity contribution is 7.99. The van der Waals surface area contributed by atoms with E-state index in [4.69, 9.17) is 23.2 Å². The smallest absolute Gasteiger partial charge is 0.236 e. The van der Waals surface area contributed by atoms with Crippen molar-refractivity contribution in [1.29, 1.82) is 0 Å². The van der Waals surface area contributed by atoms with Gasteiger partial charge < -0.3 is 5.32 Å². The summed E-state index contributed by atoms with van der Waals surface area (Å²) >= 11 is 15.1. The van der Waals surface area contributed by atoms with Crippen molar-refractivity contribution in [2.45, 2.75) is 5.75 Å². The monoisotopic (exact) mass is 382 g/mol. The third-order valence-corrected chi connectivity index (χ3v) is 5.78. The molecule has 1 N–H and O–H groups in total. The van der Waals surface area contributed by atoms with E-state index in [2.05, 4.69) is 10.3 Å². The van der Waals surface area contributed by atoms with Crippen molar-refractivity contribution in [2.24, 2.45) is 0 Å². The molecule has 0 bridgehead atoms. The summed E-state index contributed by atoms with van der Waals surface area (Å²) in [6.07, 6.45) is 0. The summed E-state index contributed by atoms with van der Waals surface area (Å²) in [4.78, 5) is 16.4. The SMILES string of the molecule is O=C(CSCc1ccccc1)Nc1nc2c(Cl)ccc(Cl)c2s1. The second-order valence-corrected chi connectivity index (χ2v) is 7.55. The molecular formula is C16H12Cl2N2OS2. The summed E-state index contributed by atoms with van der Waals surface area (Å²) < 4.78 is 0.784. The van der Waals surface area contributed by atoms with Crippen molar-refractivity contribution in [1.82, 2.24) is 4.98 Å². The molecule has 0 fully saturated rings. The number of fused-ring (bicyclic) bond motifs is 1. The largest absolute Gasteiger partial charge is 0.301 e. The molecule has 0 aliphatic rings. The van der Waals surface area contributed by atoms with Crippen LogP contribution in [-0.4, -0.2) is 16.6 Å². The normalized spacial score (nSPS) is 10.9. The minimum atomic E-state index is -0.0859. The zero-order valence-electron chi connectivity index (χ0n) is 11.9. The van der Waals surface area contributed by atoms with Crippen molar-refractivity contribution in [3.8, 4) is 0 Å². The standard InChI is InChI=1S/C16H12Cl2N2OS2/c17-11-6-7-12(18)15-14(11)20-16(23-15)19-13(21)9-22-8-10-4-2-1-3-5-10/h1-7H,8-9H2,(H,19,20,21). The molecule has 0 radical (unpaired) electrons. The van der Waals surface area contributed by atoms with Crippen LogP contribution in [0.1, 0.15) is 5.56 Å². The molecule has 0 atom stereocenters. The quantitative estimate of drug-likeness (QED) is 0.635. The first-order valence-corrected chi connectivity index (χ1v) is 9.52. The fourth-order valence-electron chi connectivity index (χ4n) is 1.99. The van der Waals surface area contributed by atoms with Crippen LogP contribution in [-0.2, 0) is 10.5 Å². The number of aromatic nitrogens is 1. The molecule has 1 amide bonds. The lowest BCUT2D eigenvalue weighted by Crippen LogP contribution is -2.13. The molecule has 118 valence electrons. The fraction of sp³-hybridized carbons (Fsp3) is 0.125. The number of carbonyl (C=O) groups is 1. The third kappa shape index (κ3) is 4.18. The number of amides is 1. The number of nitrogens with zero attached hydrogens (tertiary/aromatic N) is 1. The highest BCUT2D eigenvalue weighted by Crippen LogP contribution is 2.36. The van der Waals surface area contributed by atoms with Gasteiger partial charge >= 0.3 is 0 Å². The lowest BCUT2D eigenvalue weighted by molar-refractivity contribution is -0.113. The third-order valence-electron chi connectivity index (χ3n) is 3.04. The van der Waals surface area contributed by atoms with Gasteiger partial charge in [-0.25, -0.2) is 4.98 Å². The molecule has 3 nitrogen and oxygen atoms in total. The van der Waals surface area contributed by atoms with E-state index in [1.54, 1.807) is 23.9 Å². The van der Waals surface area contributed by atoms with E-state index in [9.17, 15) is 4.79 Å². The average molecular weight is 383 g/mol. The number of nitrogens with one attached hydrogen (secondary N) is 1. The Morgan fingerprint density at radius 2 is 1.87 bits per heavy atom. The molecule has 2 aromatic carbocycles. The zero-order valence-corrected chi connectivity index (χ0v) is 15.0. The van der Waals surface area contributed by atoms with E-state index < -0.39 is 0 Å². The molecule has 23 heavy (non-hydrogen) atoms. The maximum atomic E-state index is 12.0. The first-order valence-electron chi connectivity index (χ1n) is 6.79. The van der Waals surface area contributed by atoms with Gasteiger partial charge in [-0.2, -0.15) is 0 Å². The summed E-state index contributed by atoms with van der Waals surface area (Å²) in [7, 11) is 0. The zero-order chi connectivity index (χ0) is 16.2. The van der Waals surface area contributed by atoms with Crippen LogP contribution in [0.25, 0.3) is 10.2 Å². The van der Waals surface area contributed by atoms with Gasteiger partial charge in [-0.3, -0.25) is 4.79 Å². The van der Waals surface area contributed by atoms with E-state index >= 15 is 0 Å². The Morgan fingerprint density at radius 1 is 1.13 bits per heavy atom. The number of thioether (sulfide) groups is 1. The van der Waals surface area contributed by atoms with Gasteiger partial charge in [0.25, 0.3) is 0 Å². The topological polar surface area (TPSA) is 42.0 Å². The van der Waals surface area contributed by atoms with Gasteiger partial charge in [0.15, 0.2) is 5.13 Å². The fourth-order valence-corrected chi connectivity index (χ4v) is 4.21. The molecule has 1 aromatic heterocycles. The Balaban J connectivity index is 1.60. The molecule has 7 heteroatoms. The molecule has 3 rings (SSSR count). The van der Waals surface area contributed by atoms with Crippen molar-refractivity contribution < 1.29 is 4.79 Å². The van der Waals surface area contributed by atoms with Crippen LogP contribution >= 0.6 is 46.3 Å². The number of anilines is 1. The number of thiazole rings is 1. The van der Waals surface area contributed by atoms with E-state index in [0.717, 1.165) is 10.5 Å². The van der Waals surface area contributed by atoms with Gasteiger partial charge in [0.2, 0.25) is 5.91 Å². The second-order valence-electron chi connectivity index (χ2n) is 4.75. The summed E-state index contributed by atoms with van der Waals surface area (Å²) in [6.45, 7) is 0. The van der Waals surface area contributed by atoms with Crippen molar-refractivity contribution in [3.05, 3.63) is 58.1 Å². The van der Waals surface area contributed by atoms with Crippen LogP contribution in [0.4, 0.5) is 5.13 Å². The van der Waals surface area contributed by atoms with Crippen LogP contribution in [0.3, 0.4) is 0 Å². The van der Waals surface area contributed by atoms with Gasteiger partial charge in [0, 0.05) is 5.75 Å². The molecule has 0 aliphatic carbocycles. The van der Waals surface area contributed by atoms with Gasteiger partial charge in [-0.15, -0.1) is 11.8 Å². The first kappa shape index (κ1) is 16.6. The number of hydrogen-bond acceptors (Lipinski definition) is 4. The highest BCUT2D eigenvalue weighted by Gasteiger charge is 2.12. The summed E-state index contributed by atoms with van der Waals surface area (Å²) in [6, 6.07) is 13.5. The number of rotatable bonds is 5. The van der Waals surface area contributed by atoms with Crippen LogP contribution in [0.5, 0.6) is 0 Å². The molecule has 0 saturated carbocycles. The summed E-state index contributed by atoms with van der Waals surface area (Å²) in [5.74, 6) is 1.08. The highest BCUT2D eigenvalue weighted by atomic mass is 35.5. The maximum absolute atomic E-state index is 12.0. The minimum Gasteiger partial charge on any atom is -0.301 e. The van der Waals surface area contributed by atoms with Gasteiger partial charge in [-0.1, -0.05) is 64.9 Å². The summed E-state index contributed by atoms with van der Waals surface area (Å²) in [5, 5.41) is 4.43. The molecule has 0 saturated heterocycles. The molecule has 0 spiro atoms. The van der Waals surface area contributed by atoms with Crippen LogP contribution in [0, 0.1) is 0 Å². The predicted molar refractivity (Wildman–Crippen MR) is 101 cm³/mol. The lowest BCUT2D eigenvalue weighted by Gasteiger charge is -2.02. The molecular weight excluding hydrogens is 371 g/mol. The first-order chi connectivity index (χ1) is 11.1. The Hall–Kier alpha value is -1.27. The second kappa shape index (κ2) is 7.53. The van der Waals surface area contributed by atoms with Crippen LogP contribution < -0.4 is 5.32 Å². The van der Waals surface area contributed by atoms with Crippen LogP contribution in [0.2, 0.25) is 10.0 Å². The van der Waals surface area contributed by atoms with E-state index in [0.29, 0.717) is 26.4 Å². The Bertz CT molecular complexity index is 798. The molecule has 3 aromatic rings.